The number of benzene rings is 1. The minimum absolute atomic E-state index is 0.152. The number of hydrogen-bond acceptors (Lipinski definition) is 5. The van der Waals surface area contributed by atoms with Gasteiger partial charge < -0.3 is 15.2 Å². The summed E-state index contributed by atoms with van der Waals surface area (Å²) in [7, 11) is 1.59. The second-order valence-corrected chi connectivity index (χ2v) is 8.07. The fourth-order valence-corrected chi connectivity index (χ4v) is 4.73. The highest BCUT2D eigenvalue weighted by Gasteiger charge is 2.26. The van der Waals surface area contributed by atoms with Crippen molar-refractivity contribution in [1.29, 1.82) is 0 Å². The van der Waals surface area contributed by atoms with Gasteiger partial charge in [-0.15, -0.1) is 11.3 Å². The van der Waals surface area contributed by atoms with Crippen molar-refractivity contribution in [2.24, 2.45) is 0 Å². The Balaban J connectivity index is 1.60. The second kappa shape index (κ2) is 7.77. The molecule has 2 amide bonds. The zero-order valence-corrected chi connectivity index (χ0v) is 16.7. The molecular weight excluding hydrogens is 398 g/mol. The monoisotopic (exact) mass is 415 g/mol. The predicted octanol–water partition coefficient (Wildman–Crippen LogP) is 4.55. The van der Waals surface area contributed by atoms with Crippen LogP contribution >= 0.6 is 22.9 Å². The maximum atomic E-state index is 12.7. The van der Waals surface area contributed by atoms with E-state index < -0.39 is 5.91 Å². The molecule has 0 aliphatic heterocycles. The number of amides is 2. The molecule has 1 aliphatic rings. The molecule has 2 N–H and O–H groups in total. The van der Waals surface area contributed by atoms with Gasteiger partial charge in [0.2, 0.25) is 0 Å². The molecule has 0 saturated carbocycles. The third kappa shape index (κ3) is 3.55. The minimum Gasteiger partial charge on any atom is -0.355 e. The number of rotatable bonds is 4. The number of halogens is 1. The van der Waals surface area contributed by atoms with Crippen LogP contribution in [0.25, 0.3) is 11.3 Å². The van der Waals surface area contributed by atoms with Crippen molar-refractivity contribution in [2.75, 3.05) is 12.4 Å². The Morgan fingerprint density at radius 3 is 2.64 bits per heavy atom. The minimum atomic E-state index is -0.410. The Hall–Kier alpha value is -2.64. The molecule has 0 fully saturated rings. The van der Waals surface area contributed by atoms with Crippen molar-refractivity contribution in [3.63, 3.8) is 0 Å². The van der Waals surface area contributed by atoms with Crippen molar-refractivity contribution in [1.82, 2.24) is 10.5 Å². The lowest BCUT2D eigenvalue weighted by atomic mass is 9.95. The van der Waals surface area contributed by atoms with Crippen LogP contribution in [0.15, 0.2) is 34.9 Å². The first kappa shape index (κ1) is 18.7. The van der Waals surface area contributed by atoms with Gasteiger partial charge in [-0.2, -0.15) is 0 Å². The van der Waals surface area contributed by atoms with Gasteiger partial charge in [-0.05, 0) is 55.5 Å². The van der Waals surface area contributed by atoms with E-state index in [-0.39, 0.29) is 11.6 Å². The molecule has 28 heavy (non-hydrogen) atoms. The normalized spacial score (nSPS) is 13.1. The summed E-state index contributed by atoms with van der Waals surface area (Å²) in [4.78, 5) is 26.3. The molecule has 0 atom stereocenters. The first-order valence-electron chi connectivity index (χ1n) is 8.97. The maximum absolute atomic E-state index is 12.7. The Labute approximate surface area is 170 Å². The summed E-state index contributed by atoms with van der Waals surface area (Å²) in [6, 6.07) is 8.64. The average Bonchev–Trinajstić information content (AvgIpc) is 3.33. The van der Waals surface area contributed by atoms with E-state index in [1.54, 1.807) is 37.4 Å². The number of thiophene rings is 1. The van der Waals surface area contributed by atoms with Crippen molar-refractivity contribution in [2.45, 2.75) is 25.7 Å². The number of nitrogens with one attached hydrogen (secondary N) is 2. The number of carbonyl (C=O) groups excluding carboxylic acids is 2. The molecule has 0 radical (unpaired) electrons. The van der Waals surface area contributed by atoms with Crippen LogP contribution in [0.5, 0.6) is 0 Å². The van der Waals surface area contributed by atoms with E-state index in [2.05, 4.69) is 15.8 Å². The quantitative estimate of drug-likeness (QED) is 0.654. The lowest BCUT2D eigenvalue weighted by Crippen LogP contribution is -2.22. The van der Waals surface area contributed by atoms with Gasteiger partial charge >= 0.3 is 0 Å². The first-order valence-corrected chi connectivity index (χ1v) is 10.2. The van der Waals surface area contributed by atoms with E-state index in [9.17, 15) is 9.59 Å². The summed E-state index contributed by atoms with van der Waals surface area (Å²) in [5.74, 6) is -0.122. The molecule has 8 heteroatoms. The summed E-state index contributed by atoms with van der Waals surface area (Å²) < 4.78 is 5.30. The standard InChI is InChI=1S/C20H18ClN3O3S/c1-22-19(26)17-13-4-2-3-5-16(13)28-20(17)23-18(25)14-10-15(27-24-14)11-6-8-12(21)9-7-11/h6-10H,2-5H2,1H3,(H,22,26)(H,23,25). The Morgan fingerprint density at radius 2 is 1.89 bits per heavy atom. The molecule has 6 nitrogen and oxygen atoms in total. The van der Waals surface area contributed by atoms with Gasteiger partial charge in [0, 0.05) is 28.6 Å². The Kier molecular flexibility index (Phi) is 5.19. The number of nitrogens with zero attached hydrogens (tertiary/aromatic N) is 1. The third-order valence-electron chi connectivity index (χ3n) is 4.72. The zero-order chi connectivity index (χ0) is 19.7. The first-order chi connectivity index (χ1) is 13.6. The molecule has 0 bridgehead atoms. The predicted molar refractivity (Wildman–Crippen MR) is 109 cm³/mol. The molecule has 0 saturated heterocycles. The Morgan fingerprint density at radius 1 is 1.14 bits per heavy atom. The number of aromatic nitrogens is 1. The third-order valence-corrected chi connectivity index (χ3v) is 6.18. The zero-order valence-electron chi connectivity index (χ0n) is 15.2. The topological polar surface area (TPSA) is 84.2 Å². The molecule has 0 unspecified atom stereocenters. The highest BCUT2D eigenvalue weighted by molar-refractivity contribution is 7.17. The van der Waals surface area contributed by atoms with E-state index in [1.165, 1.54) is 16.2 Å². The van der Waals surface area contributed by atoms with Crippen LogP contribution in [-0.2, 0) is 12.8 Å². The number of hydrogen-bond donors (Lipinski definition) is 2. The SMILES string of the molecule is CNC(=O)c1c(NC(=O)c2cc(-c3ccc(Cl)cc3)on2)sc2c1CCCC2. The summed E-state index contributed by atoms with van der Waals surface area (Å²) >= 11 is 7.37. The molecule has 2 aromatic heterocycles. The molecule has 2 heterocycles. The van der Waals surface area contributed by atoms with Gasteiger partial charge in [0.15, 0.2) is 11.5 Å². The fourth-order valence-electron chi connectivity index (χ4n) is 3.32. The van der Waals surface area contributed by atoms with Crippen LogP contribution in [0, 0.1) is 0 Å². The van der Waals surface area contributed by atoms with Crippen LogP contribution in [0.2, 0.25) is 5.02 Å². The van der Waals surface area contributed by atoms with Gasteiger partial charge in [-0.3, -0.25) is 9.59 Å². The van der Waals surface area contributed by atoms with Crippen molar-refractivity contribution in [3.05, 3.63) is 57.1 Å². The van der Waals surface area contributed by atoms with Crippen LogP contribution in [0.1, 0.15) is 44.1 Å². The van der Waals surface area contributed by atoms with Gasteiger partial charge in [0.25, 0.3) is 11.8 Å². The van der Waals surface area contributed by atoms with Gasteiger partial charge in [0.05, 0.1) is 5.56 Å². The van der Waals surface area contributed by atoms with E-state index in [4.69, 9.17) is 16.1 Å². The van der Waals surface area contributed by atoms with Gasteiger partial charge in [-0.1, -0.05) is 16.8 Å². The molecule has 3 aromatic rings. The van der Waals surface area contributed by atoms with Crippen LogP contribution in [-0.4, -0.2) is 24.0 Å². The second-order valence-electron chi connectivity index (χ2n) is 6.53. The van der Waals surface area contributed by atoms with Crippen molar-refractivity contribution >= 4 is 39.8 Å². The number of fused-ring (bicyclic) bond motifs is 1. The molecular formula is C20H18ClN3O3S. The fraction of sp³-hybridized carbons (Fsp3) is 0.250. The summed E-state index contributed by atoms with van der Waals surface area (Å²) in [5.41, 5.74) is 2.54. The summed E-state index contributed by atoms with van der Waals surface area (Å²) in [5, 5.41) is 10.6. The highest BCUT2D eigenvalue weighted by atomic mass is 35.5. The van der Waals surface area contributed by atoms with E-state index in [0.717, 1.165) is 36.8 Å². The van der Waals surface area contributed by atoms with Crippen molar-refractivity contribution in [3.8, 4) is 11.3 Å². The molecule has 0 spiro atoms. The molecule has 1 aromatic carbocycles. The molecule has 144 valence electrons. The maximum Gasteiger partial charge on any atom is 0.278 e. The van der Waals surface area contributed by atoms with Crippen LogP contribution in [0.4, 0.5) is 5.00 Å². The summed E-state index contributed by atoms with van der Waals surface area (Å²) in [6.45, 7) is 0. The largest absolute Gasteiger partial charge is 0.355 e. The smallest absolute Gasteiger partial charge is 0.278 e. The highest BCUT2D eigenvalue weighted by Crippen LogP contribution is 2.38. The molecule has 1 aliphatic carbocycles. The molecule has 4 rings (SSSR count). The van der Waals surface area contributed by atoms with E-state index >= 15 is 0 Å². The Bertz CT molecular complexity index is 1040. The van der Waals surface area contributed by atoms with Gasteiger partial charge in [-0.25, -0.2) is 0 Å². The number of anilines is 1. The van der Waals surface area contributed by atoms with E-state index in [0.29, 0.717) is 21.3 Å². The van der Waals surface area contributed by atoms with Crippen LogP contribution < -0.4 is 10.6 Å². The van der Waals surface area contributed by atoms with E-state index in [1.807, 2.05) is 0 Å². The average molecular weight is 416 g/mol. The summed E-state index contributed by atoms with van der Waals surface area (Å²) in [6.07, 6.45) is 3.94. The lowest BCUT2D eigenvalue weighted by Gasteiger charge is -2.12. The van der Waals surface area contributed by atoms with Crippen molar-refractivity contribution < 1.29 is 14.1 Å². The van der Waals surface area contributed by atoms with Crippen LogP contribution in [0.3, 0.4) is 0 Å². The van der Waals surface area contributed by atoms with Gasteiger partial charge in [0.1, 0.15) is 5.00 Å². The number of carbonyl (C=O) groups is 2. The lowest BCUT2D eigenvalue weighted by molar-refractivity contribution is 0.0963. The number of aryl methyl sites for hydroxylation is 1.